The number of aromatic hydroxyl groups is 1. The minimum absolute atomic E-state index is 0.142. The van der Waals surface area contributed by atoms with Gasteiger partial charge in [-0.15, -0.1) is 0 Å². The lowest BCUT2D eigenvalue weighted by Crippen LogP contribution is -1.90. The summed E-state index contributed by atoms with van der Waals surface area (Å²) in [5.74, 6) is 0.142. The molecule has 0 saturated heterocycles. The second-order valence-corrected chi connectivity index (χ2v) is 2.98. The Morgan fingerprint density at radius 1 is 0.923 bits per heavy atom. The Labute approximate surface area is 75.6 Å². The third-order valence-corrected chi connectivity index (χ3v) is 2.05. The maximum atomic E-state index is 9.30. The number of fused-ring (bicyclic) bond motifs is 1. The zero-order valence-corrected chi connectivity index (χ0v) is 6.99. The van der Waals surface area contributed by atoms with Gasteiger partial charge in [0.2, 0.25) is 0 Å². The van der Waals surface area contributed by atoms with Gasteiger partial charge in [-0.2, -0.15) is 0 Å². The fourth-order valence-corrected chi connectivity index (χ4v) is 1.42. The van der Waals surface area contributed by atoms with Crippen LogP contribution in [0.3, 0.4) is 0 Å². The van der Waals surface area contributed by atoms with Gasteiger partial charge >= 0.3 is 0 Å². The molecule has 2 rings (SSSR count). The van der Waals surface area contributed by atoms with Crippen molar-refractivity contribution >= 4 is 22.1 Å². The molecule has 0 aliphatic heterocycles. The fraction of sp³-hybridized carbons (Fsp3) is 0. The Balaban J connectivity index is 2.94. The van der Waals surface area contributed by atoms with Crippen LogP contribution in [0.4, 0.5) is 11.4 Å². The molecular formula is C10H10N2O. The van der Waals surface area contributed by atoms with Crippen molar-refractivity contribution in [3.05, 3.63) is 30.3 Å². The SMILES string of the molecule is Nc1cc(O)cc2c(N)cccc12. The molecule has 0 amide bonds. The van der Waals surface area contributed by atoms with E-state index in [1.165, 1.54) is 6.07 Å². The van der Waals surface area contributed by atoms with E-state index >= 15 is 0 Å². The van der Waals surface area contributed by atoms with E-state index in [4.69, 9.17) is 11.5 Å². The number of hydrogen-bond donors (Lipinski definition) is 3. The Morgan fingerprint density at radius 2 is 1.69 bits per heavy atom. The summed E-state index contributed by atoms with van der Waals surface area (Å²) in [4.78, 5) is 0. The molecule has 0 heterocycles. The molecule has 5 N–H and O–H groups in total. The molecule has 0 unspecified atom stereocenters. The molecule has 0 spiro atoms. The molecule has 0 radical (unpaired) electrons. The summed E-state index contributed by atoms with van der Waals surface area (Å²) < 4.78 is 0. The molecule has 0 saturated carbocycles. The molecule has 0 fully saturated rings. The first-order chi connectivity index (χ1) is 6.18. The number of phenols is 1. The number of anilines is 2. The lowest BCUT2D eigenvalue weighted by molar-refractivity contribution is 0.476. The van der Waals surface area contributed by atoms with Crippen LogP contribution in [0.5, 0.6) is 5.75 Å². The van der Waals surface area contributed by atoms with Crippen molar-refractivity contribution in [2.75, 3.05) is 11.5 Å². The molecule has 0 atom stereocenters. The van der Waals surface area contributed by atoms with Crippen molar-refractivity contribution in [1.82, 2.24) is 0 Å². The van der Waals surface area contributed by atoms with E-state index in [1.54, 1.807) is 12.1 Å². The molecule has 0 aliphatic rings. The van der Waals surface area contributed by atoms with Crippen molar-refractivity contribution in [3.8, 4) is 5.75 Å². The van der Waals surface area contributed by atoms with Gasteiger partial charge in [-0.3, -0.25) is 0 Å². The number of hydrogen-bond acceptors (Lipinski definition) is 3. The number of rotatable bonds is 0. The van der Waals surface area contributed by atoms with E-state index in [1.807, 2.05) is 12.1 Å². The van der Waals surface area contributed by atoms with Crippen LogP contribution in [0.25, 0.3) is 10.8 Å². The number of phenolic OH excluding ortho intramolecular Hbond substituents is 1. The van der Waals surface area contributed by atoms with E-state index in [0.29, 0.717) is 11.4 Å². The first kappa shape index (κ1) is 7.73. The van der Waals surface area contributed by atoms with Gasteiger partial charge in [0, 0.05) is 28.2 Å². The smallest absolute Gasteiger partial charge is 0.118 e. The van der Waals surface area contributed by atoms with Gasteiger partial charge in [-0.1, -0.05) is 12.1 Å². The monoisotopic (exact) mass is 174 g/mol. The van der Waals surface area contributed by atoms with Crippen LogP contribution in [0, 0.1) is 0 Å². The molecule has 3 heteroatoms. The summed E-state index contributed by atoms with van der Waals surface area (Å²) in [6.07, 6.45) is 0. The number of nitrogen functional groups attached to an aromatic ring is 2. The third-order valence-electron chi connectivity index (χ3n) is 2.05. The summed E-state index contributed by atoms with van der Waals surface area (Å²) in [7, 11) is 0. The fourth-order valence-electron chi connectivity index (χ4n) is 1.42. The normalized spacial score (nSPS) is 10.5. The van der Waals surface area contributed by atoms with Crippen molar-refractivity contribution in [2.24, 2.45) is 0 Å². The Kier molecular flexibility index (Phi) is 1.52. The minimum Gasteiger partial charge on any atom is -0.508 e. The quantitative estimate of drug-likeness (QED) is 0.532. The van der Waals surface area contributed by atoms with E-state index in [9.17, 15) is 5.11 Å². The molecule has 13 heavy (non-hydrogen) atoms. The molecule has 66 valence electrons. The summed E-state index contributed by atoms with van der Waals surface area (Å²) in [6, 6.07) is 8.62. The van der Waals surface area contributed by atoms with Crippen molar-refractivity contribution in [2.45, 2.75) is 0 Å². The number of benzene rings is 2. The molecule has 3 nitrogen and oxygen atoms in total. The highest BCUT2D eigenvalue weighted by atomic mass is 16.3. The van der Waals surface area contributed by atoms with Crippen molar-refractivity contribution in [3.63, 3.8) is 0 Å². The van der Waals surface area contributed by atoms with E-state index < -0.39 is 0 Å². The van der Waals surface area contributed by atoms with Gasteiger partial charge < -0.3 is 16.6 Å². The van der Waals surface area contributed by atoms with E-state index in [0.717, 1.165) is 10.8 Å². The van der Waals surface area contributed by atoms with Crippen LogP contribution in [0.2, 0.25) is 0 Å². The highest BCUT2D eigenvalue weighted by Crippen LogP contribution is 2.29. The highest BCUT2D eigenvalue weighted by Gasteiger charge is 2.02. The zero-order valence-electron chi connectivity index (χ0n) is 6.99. The van der Waals surface area contributed by atoms with Gasteiger partial charge in [0.1, 0.15) is 5.75 Å². The number of nitrogens with two attached hydrogens (primary N) is 2. The standard InChI is InChI=1S/C10H10N2O/c11-9-3-1-2-7-8(9)4-6(13)5-10(7)12/h1-5,13H,11-12H2. The highest BCUT2D eigenvalue weighted by molar-refractivity contribution is 6.00. The lowest BCUT2D eigenvalue weighted by atomic mass is 10.1. The molecular weight excluding hydrogens is 164 g/mol. The first-order valence-corrected chi connectivity index (χ1v) is 3.95. The Morgan fingerprint density at radius 3 is 2.46 bits per heavy atom. The zero-order chi connectivity index (χ0) is 9.42. The molecule has 2 aromatic carbocycles. The predicted octanol–water partition coefficient (Wildman–Crippen LogP) is 1.71. The van der Waals surface area contributed by atoms with Crippen LogP contribution in [-0.2, 0) is 0 Å². The molecule has 0 aliphatic carbocycles. The average molecular weight is 174 g/mol. The van der Waals surface area contributed by atoms with E-state index in [2.05, 4.69) is 0 Å². The first-order valence-electron chi connectivity index (χ1n) is 3.95. The predicted molar refractivity (Wildman–Crippen MR) is 54.4 cm³/mol. The molecule has 0 bridgehead atoms. The molecule has 2 aromatic rings. The largest absolute Gasteiger partial charge is 0.508 e. The third kappa shape index (κ3) is 1.14. The summed E-state index contributed by atoms with van der Waals surface area (Å²) >= 11 is 0. The van der Waals surface area contributed by atoms with Crippen LogP contribution >= 0.6 is 0 Å². The molecule has 0 aromatic heterocycles. The van der Waals surface area contributed by atoms with Crippen LogP contribution in [-0.4, -0.2) is 5.11 Å². The minimum atomic E-state index is 0.142. The summed E-state index contributed by atoms with van der Waals surface area (Å²) in [5.41, 5.74) is 12.6. The van der Waals surface area contributed by atoms with Gasteiger partial charge in [-0.25, -0.2) is 0 Å². The Hall–Kier alpha value is -1.90. The average Bonchev–Trinajstić information content (AvgIpc) is 2.07. The second-order valence-electron chi connectivity index (χ2n) is 2.98. The van der Waals surface area contributed by atoms with Crippen LogP contribution < -0.4 is 11.5 Å². The maximum Gasteiger partial charge on any atom is 0.118 e. The summed E-state index contributed by atoms with van der Waals surface area (Å²) in [5, 5.41) is 11.0. The summed E-state index contributed by atoms with van der Waals surface area (Å²) in [6.45, 7) is 0. The van der Waals surface area contributed by atoms with Gasteiger partial charge in [-0.05, 0) is 12.1 Å². The van der Waals surface area contributed by atoms with Crippen molar-refractivity contribution < 1.29 is 5.11 Å². The van der Waals surface area contributed by atoms with Gasteiger partial charge in [0.25, 0.3) is 0 Å². The van der Waals surface area contributed by atoms with Gasteiger partial charge in [0.15, 0.2) is 0 Å². The van der Waals surface area contributed by atoms with E-state index in [-0.39, 0.29) is 5.75 Å². The second kappa shape index (κ2) is 2.55. The Bertz CT molecular complexity index is 466. The van der Waals surface area contributed by atoms with Gasteiger partial charge in [0.05, 0.1) is 0 Å². The van der Waals surface area contributed by atoms with Crippen LogP contribution in [0.15, 0.2) is 30.3 Å². The topological polar surface area (TPSA) is 72.3 Å². The maximum absolute atomic E-state index is 9.30. The lowest BCUT2D eigenvalue weighted by Gasteiger charge is -2.05. The van der Waals surface area contributed by atoms with Crippen molar-refractivity contribution in [1.29, 1.82) is 0 Å². The van der Waals surface area contributed by atoms with Crippen LogP contribution in [0.1, 0.15) is 0 Å².